The molecule has 1 N–H and O–H groups in total. The van der Waals surface area contributed by atoms with Gasteiger partial charge in [-0.05, 0) is 37.6 Å². The lowest BCUT2D eigenvalue weighted by atomic mass is 9.98. The number of aryl methyl sites for hydroxylation is 2. The molecule has 0 saturated heterocycles. The molecule has 0 aromatic heterocycles. The van der Waals surface area contributed by atoms with Crippen LogP contribution in [0.4, 0.5) is 0 Å². The summed E-state index contributed by atoms with van der Waals surface area (Å²) in [5, 5.41) is 3.04. The van der Waals surface area contributed by atoms with E-state index in [1.54, 1.807) is 0 Å². The van der Waals surface area contributed by atoms with E-state index in [2.05, 4.69) is 11.4 Å². The highest BCUT2D eigenvalue weighted by Gasteiger charge is 2.23. The largest absolute Gasteiger partial charge is 0.493 e. The Morgan fingerprint density at radius 3 is 2.87 bits per heavy atom. The van der Waals surface area contributed by atoms with E-state index in [1.165, 1.54) is 0 Å². The molecular weight excluding hydrogens is 290 g/mol. The van der Waals surface area contributed by atoms with Gasteiger partial charge in [0, 0.05) is 12.0 Å². The van der Waals surface area contributed by atoms with Gasteiger partial charge in [-0.1, -0.05) is 29.8 Å². The number of ether oxygens (including phenoxy) is 2. The van der Waals surface area contributed by atoms with Crippen LogP contribution < -0.4 is 14.8 Å². The standard InChI is InChI=1S/C19H21NO3/c1-13-4-3-5-15(10-13)23-12-19(21)20-17-8-9-22-18-7-6-14(2)11-16(17)18/h3-7,10-11,17H,8-9,12H2,1-2H3,(H,20,21). The number of hydrogen-bond donors (Lipinski definition) is 1. The first kappa shape index (κ1) is 15.4. The summed E-state index contributed by atoms with van der Waals surface area (Å²) < 4.78 is 11.2. The van der Waals surface area contributed by atoms with Crippen molar-refractivity contribution in [1.29, 1.82) is 0 Å². The van der Waals surface area contributed by atoms with Crippen LogP contribution in [-0.4, -0.2) is 19.1 Å². The maximum absolute atomic E-state index is 12.2. The van der Waals surface area contributed by atoms with E-state index in [4.69, 9.17) is 9.47 Å². The van der Waals surface area contributed by atoms with Gasteiger partial charge < -0.3 is 14.8 Å². The number of fused-ring (bicyclic) bond motifs is 1. The second kappa shape index (κ2) is 6.73. The van der Waals surface area contributed by atoms with Gasteiger partial charge >= 0.3 is 0 Å². The van der Waals surface area contributed by atoms with Gasteiger partial charge in [0.15, 0.2) is 6.61 Å². The molecule has 0 bridgehead atoms. The summed E-state index contributed by atoms with van der Waals surface area (Å²) >= 11 is 0. The smallest absolute Gasteiger partial charge is 0.258 e. The zero-order valence-electron chi connectivity index (χ0n) is 13.5. The van der Waals surface area contributed by atoms with Crippen LogP contribution in [-0.2, 0) is 4.79 Å². The minimum absolute atomic E-state index is 0.0158. The molecule has 3 rings (SSSR count). The van der Waals surface area contributed by atoms with E-state index >= 15 is 0 Å². The number of rotatable bonds is 4. The van der Waals surface area contributed by atoms with Crippen molar-refractivity contribution < 1.29 is 14.3 Å². The molecule has 1 atom stereocenters. The first-order valence-corrected chi connectivity index (χ1v) is 7.84. The molecule has 23 heavy (non-hydrogen) atoms. The van der Waals surface area contributed by atoms with Crippen LogP contribution in [0.15, 0.2) is 42.5 Å². The Kier molecular flexibility index (Phi) is 4.51. The monoisotopic (exact) mass is 311 g/mol. The summed E-state index contributed by atoms with van der Waals surface area (Å²) in [5.74, 6) is 1.45. The van der Waals surface area contributed by atoms with Gasteiger partial charge in [-0.3, -0.25) is 4.79 Å². The number of nitrogens with one attached hydrogen (secondary N) is 1. The first-order valence-electron chi connectivity index (χ1n) is 7.84. The van der Waals surface area contributed by atoms with Gasteiger partial charge in [0.05, 0.1) is 12.6 Å². The number of hydrogen-bond acceptors (Lipinski definition) is 3. The predicted octanol–water partition coefficient (Wildman–Crippen LogP) is 3.32. The molecule has 4 nitrogen and oxygen atoms in total. The molecule has 1 aliphatic rings. The Hall–Kier alpha value is -2.49. The van der Waals surface area contributed by atoms with Gasteiger partial charge in [0.1, 0.15) is 11.5 Å². The van der Waals surface area contributed by atoms with Crippen molar-refractivity contribution in [3.05, 3.63) is 59.2 Å². The Bertz CT molecular complexity index is 712. The third kappa shape index (κ3) is 3.83. The van der Waals surface area contributed by atoms with E-state index in [0.717, 1.165) is 28.9 Å². The Morgan fingerprint density at radius 2 is 2.04 bits per heavy atom. The first-order chi connectivity index (χ1) is 11.1. The van der Waals surface area contributed by atoms with E-state index in [9.17, 15) is 4.79 Å². The maximum atomic E-state index is 12.2. The van der Waals surface area contributed by atoms with E-state index in [-0.39, 0.29) is 18.6 Å². The fourth-order valence-electron chi connectivity index (χ4n) is 2.75. The van der Waals surface area contributed by atoms with Crippen LogP contribution in [0.2, 0.25) is 0 Å². The van der Waals surface area contributed by atoms with Crippen molar-refractivity contribution in [3.8, 4) is 11.5 Å². The Labute approximate surface area is 136 Å². The lowest BCUT2D eigenvalue weighted by Gasteiger charge is -2.27. The summed E-state index contributed by atoms with van der Waals surface area (Å²) in [6.07, 6.45) is 0.770. The quantitative estimate of drug-likeness (QED) is 0.942. The van der Waals surface area contributed by atoms with Crippen molar-refractivity contribution in [2.75, 3.05) is 13.2 Å². The van der Waals surface area contributed by atoms with Gasteiger partial charge in [-0.15, -0.1) is 0 Å². The zero-order valence-corrected chi connectivity index (χ0v) is 13.5. The van der Waals surface area contributed by atoms with E-state index in [1.807, 2.05) is 50.2 Å². The second-order valence-corrected chi connectivity index (χ2v) is 5.90. The van der Waals surface area contributed by atoms with Gasteiger partial charge in [0.2, 0.25) is 0 Å². The Morgan fingerprint density at radius 1 is 1.22 bits per heavy atom. The topological polar surface area (TPSA) is 47.6 Å². The molecule has 0 fully saturated rings. The van der Waals surface area contributed by atoms with E-state index < -0.39 is 0 Å². The predicted molar refractivity (Wildman–Crippen MR) is 88.8 cm³/mol. The fraction of sp³-hybridized carbons (Fsp3) is 0.316. The molecule has 4 heteroatoms. The zero-order chi connectivity index (χ0) is 16.2. The highest BCUT2D eigenvalue weighted by molar-refractivity contribution is 5.78. The average molecular weight is 311 g/mol. The molecule has 1 unspecified atom stereocenters. The van der Waals surface area contributed by atoms with Crippen molar-refractivity contribution in [3.63, 3.8) is 0 Å². The molecule has 2 aromatic rings. The lowest BCUT2D eigenvalue weighted by molar-refractivity contribution is -0.124. The van der Waals surface area contributed by atoms with Crippen LogP contribution in [0.5, 0.6) is 11.5 Å². The van der Waals surface area contributed by atoms with Crippen LogP contribution >= 0.6 is 0 Å². The summed E-state index contributed by atoms with van der Waals surface area (Å²) in [5.41, 5.74) is 3.31. The molecule has 1 aliphatic heterocycles. The summed E-state index contributed by atoms with van der Waals surface area (Å²) in [6, 6.07) is 13.7. The highest BCUT2D eigenvalue weighted by Crippen LogP contribution is 2.32. The molecule has 0 radical (unpaired) electrons. The van der Waals surface area contributed by atoms with Gasteiger partial charge in [-0.25, -0.2) is 0 Å². The van der Waals surface area contributed by atoms with Crippen molar-refractivity contribution in [2.24, 2.45) is 0 Å². The maximum Gasteiger partial charge on any atom is 0.258 e. The molecule has 1 heterocycles. The molecule has 0 saturated carbocycles. The van der Waals surface area contributed by atoms with Crippen LogP contribution in [0.1, 0.15) is 29.2 Å². The average Bonchev–Trinajstić information content (AvgIpc) is 2.54. The highest BCUT2D eigenvalue weighted by atomic mass is 16.5. The minimum Gasteiger partial charge on any atom is -0.493 e. The van der Waals surface area contributed by atoms with Crippen molar-refractivity contribution in [2.45, 2.75) is 26.3 Å². The van der Waals surface area contributed by atoms with Crippen molar-refractivity contribution >= 4 is 5.91 Å². The summed E-state index contributed by atoms with van der Waals surface area (Å²) in [6.45, 7) is 4.66. The van der Waals surface area contributed by atoms with Crippen LogP contribution in [0, 0.1) is 13.8 Å². The minimum atomic E-state index is -0.120. The molecule has 1 amide bonds. The van der Waals surface area contributed by atoms with E-state index in [0.29, 0.717) is 12.4 Å². The second-order valence-electron chi connectivity index (χ2n) is 5.90. The van der Waals surface area contributed by atoms with Crippen LogP contribution in [0.3, 0.4) is 0 Å². The lowest BCUT2D eigenvalue weighted by Crippen LogP contribution is -2.35. The number of amides is 1. The summed E-state index contributed by atoms with van der Waals surface area (Å²) in [7, 11) is 0. The molecule has 120 valence electrons. The SMILES string of the molecule is Cc1cccc(OCC(=O)NC2CCOc3ccc(C)cc32)c1. The number of carbonyl (C=O) groups excluding carboxylic acids is 1. The third-order valence-electron chi connectivity index (χ3n) is 3.90. The molecule has 2 aromatic carbocycles. The molecular formula is C19H21NO3. The third-order valence-corrected chi connectivity index (χ3v) is 3.90. The number of carbonyl (C=O) groups is 1. The van der Waals surface area contributed by atoms with Crippen LogP contribution in [0.25, 0.3) is 0 Å². The molecule has 0 spiro atoms. The van der Waals surface area contributed by atoms with Gasteiger partial charge in [-0.2, -0.15) is 0 Å². The summed E-state index contributed by atoms with van der Waals surface area (Å²) in [4.78, 5) is 12.2. The van der Waals surface area contributed by atoms with Gasteiger partial charge in [0.25, 0.3) is 5.91 Å². The molecule has 0 aliphatic carbocycles. The van der Waals surface area contributed by atoms with Crippen molar-refractivity contribution in [1.82, 2.24) is 5.32 Å². The number of benzene rings is 2. The normalized spacial score (nSPS) is 16.2. The fourth-order valence-corrected chi connectivity index (χ4v) is 2.75. The Balaban J connectivity index is 1.62.